The molecule has 2 saturated heterocycles. The van der Waals surface area contributed by atoms with Gasteiger partial charge in [0.2, 0.25) is 10.0 Å². The van der Waals surface area contributed by atoms with Crippen molar-refractivity contribution in [1.82, 2.24) is 4.31 Å². The third-order valence-electron chi connectivity index (χ3n) is 8.43. The van der Waals surface area contributed by atoms with Crippen molar-refractivity contribution in [2.75, 3.05) is 47.7 Å². The topological polar surface area (TPSA) is 110 Å². The number of rotatable bonds is 7. The summed E-state index contributed by atoms with van der Waals surface area (Å²) < 4.78 is 63.4. The standard InChI is InChI=1S/C28H35NO9S/c1-19-5-8-22(9-6-19)39(31,32)29-17-21(18-36-26(30)35-4)28(20-7-10-23(33-2)24(15-20)34-3)12-11-27(16-25(28)29)37-13-14-38-27/h5-10,15,21,25H,11-14,16-18H2,1-4H3/t21-,25+,28-/m1/s1. The highest BCUT2D eigenvalue weighted by atomic mass is 32.2. The van der Waals surface area contributed by atoms with E-state index < -0.39 is 33.4 Å². The van der Waals surface area contributed by atoms with E-state index in [0.717, 1.165) is 11.1 Å². The summed E-state index contributed by atoms with van der Waals surface area (Å²) >= 11 is 0. The Hall–Kier alpha value is -2.86. The molecule has 212 valence electrons. The van der Waals surface area contributed by atoms with Crippen LogP contribution in [0.2, 0.25) is 0 Å². The predicted octanol–water partition coefficient (Wildman–Crippen LogP) is 3.65. The Morgan fingerprint density at radius 1 is 1.00 bits per heavy atom. The molecule has 0 bridgehead atoms. The van der Waals surface area contributed by atoms with E-state index in [-0.39, 0.29) is 24.0 Å². The van der Waals surface area contributed by atoms with Gasteiger partial charge in [0.15, 0.2) is 17.3 Å². The molecule has 39 heavy (non-hydrogen) atoms. The Labute approximate surface area is 229 Å². The number of nitrogens with zero attached hydrogens (tertiary/aromatic N) is 1. The number of methoxy groups -OCH3 is 3. The molecular formula is C28H35NO9S. The molecule has 1 aliphatic carbocycles. The normalized spacial score (nSPS) is 26.3. The van der Waals surface area contributed by atoms with E-state index in [4.69, 9.17) is 28.4 Å². The molecular weight excluding hydrogens is 526 g/mol. The lowest BCUT2D eigenvalue weighted by atomic mass is 9.60. The lowest BCUT2D eigenvalue weighted by Crippen LogP contribution is -2.56. The number of carbonyl (C=O) groups excluding carboxylic acids is 1. The van der Waals surface area contributed by atoms with E-state index in [0.29, 0.717) is 44.0 Å². The van der Waals surface area contributed by atoms with Crippen LogP contribution in [0.1, 0.15) is 30.4 Å². The maximum Gasteiger partial charge on any atom is 0.507 e. The van der Waals surface area contributed by atoms with Crippen LogP contribution in [0.5, 0.6) is 11.5 Å². The Kier molecular flexibility index (Phi) is 7.53. The van der Waals surface area contributed by atoms with Crippen LogP contribution in [0, 0.1) is 12.8 Å². The summed E-state index contributed by atoms with van der Waals surface area (Å²) in [6.45, 7) is 2.94. The maximum absolute atomic E-state index is 14.2. The highest BCUT2D eigenvalue weighted by molar-refractivity contribution is 7.89. The van der Waals surface area contributed by atoms with Gasteiger partial charge in [-0.2, -0.15) is 4.31 Å². The van der Waals surface area contributed by atoms with Crippen molar-refractivity contribution < 1.29 is 41.6 Å². The minimum Gasteiger partial charge on any atom is -0.493 e. The first-order valence-corrected chi connectivity index (χ1v) is 14.4. The molecule has 11 heteroatoms. The van der Waals surface area contributed by atoms with Crippen molar-refractivity contribution >= 4 is 16.2 Å². The first-order valence-electron chi connectivity index (χ1n) is 13.0. The van der Waals surface area contributed by atoms with E-state index in [1.165, 1.54) is 7.11 Å². The highest BCUT2D eigenvalue weighted by Crippen LogP contribution is 2.57. The fourth-order valence-electron chi connectivity index (χ4n) is 6.48. The zero-order valence-electron chi connectivity index (χ0n) is 22.7. The van der Waals surface area contributed by atoms with Crippen molar-refractivity contribution in [3.8, 4) is 11.5 Å². The third-order valence-corrected chi connectivity index (χ3v) is 10.3. The van der Waals surface area contributed by atoms with Gasteiger partial charge in [-0.3, -0.25) is 0 Å². The Morgan fingerprint density at radius 2 is 1.69 bits per heavy atom. The van der Waals surface area contributed by atoms with Crippen LogP contribution >= 0.6 is 0 Å². The fourth-order valence-corrected chi connectivity index (χ4v) is 8.21. The van der Waals surface area contributed by atoms with Crippen LogP contribution in [0.15, 0.2) is 47.4 Å². The number of sulfonamides is 1. The number of fused-ring (bicyclic) bond motifs is 1. The molecule has 0 N–H and O–H groups in total. The molecule has 2 heterocycles. The Balaban J connectivity index is 1.66. The molecule has 1 saturated carbocycles. The van der Waals surface area contributed by atoms with Crippen LogP contribution < -0.4 is 9.47 Å². The van der Waals surface area contributed by atoms with Gasteiger partial charge in [0.1, 0.15) is 0 Å². The molecule has 0 radical (unpaired) electrons. The molecule has 3 aliphatic rings. The van der Waals surface area contributed by atoms with E-state index >= 15 is 0 Å². The zero-order valence-corrected chi connectivity index (χ0v) is 23.5. The highest BCUT2D eigenvalue weighted by Gasteiger charge is 2.64. The van der Waals surface area contributed by atoms with E-state index in [1.807, 2.05) is 25.1 Å². The quantitative estimate of drug-likeness (QED) is 0.468. The molecule has 0 unspecified atom stereocenters. The smallest absolute Gasteiger partial charge is 0.493 e. The molecule has 1 spiro atoms. The summed E-state index contributed by atoms with van der Waals surface area (Å²) in [5.74, 6) is -0.152. The third kappa shape index (κ3) is 4.75. The molecule has 3 fully saturated rings. The van der Waals surface area contributed by atoms with Gasteiger partial charge in [-0.1, -0.05) is 23.8 Å². The van der Waals surface area contributed by atoms with Crippen molar-refractivity contribution in [3.05, 3.63) is 53.6 Å². The lowest BCUT2D eigenvalue weighted by Gasteiger charge is -2.49. The van der Waals surface area contributed by atoms with Crippen LogP contribution in [-0.4, -0.2) is 78.4 Å². The van der Waals surface area contributed by atoms with Gasteiger partial charge < -0.3 is 28.4 Å². The Bertz CT molecular complexity index is 1310. The van der Waals surface area contributed by atoms with Crippen molar-refractivity contribution in [3.63, 3.8) is 0 Å². The predicted molar refractivity (Wildman–Crippen MR) is 140 cm³/mol. The van der Waals surface area contributed by atoms with E-state index in [1.54, 1.807) is 42.8 Å². The van der Waals surface area contributed by atoms with Gasteiger partial charge in [0.25, 0.3) is 0 Å². The monoisotopic (exact) mass is 561 g/mol. The second-order valence-corrected chi connectivity index (χ2v) is 12.2. The molecule has 2 aliphatic heterocycles. The molecule has 10 nitrogen and oxygen atoms in total. The second-order valence-electron chi connectivity index (χ2n) is 10.3. The van der Waals surface area contributed by atoms with Crippen LogP contribution in [0.4, 0.5) is 4.79 Å². The molecule has 5 rings (SSSR count). The maximum atomic E-state index is 14.2. The SMILES string of the molecule is COC(=O)OC[C@H]1CN(S(=O)(=O)c2ccc(C)cc2)[C@H]2CC3(CC[C@@]12c1ccc(OC)c(OC)c1)OCCO3. The average molecular weight is 562 g/mol. The van der Waals surface area contributed by atoms with Gasteiger partial charge in [0, 0.05) is 36.8 Å². The number of hydrogen-bond acceptors (Lipinski definition) is 9. The van der Waals surface area contributed by atoms with Crippen molar-refractivity contribution in [1.29, 1.82) is 0 Å². The Morgan fingerprint density at radius 3 is 2.33 bits per heavy atom. The van der Waals surface area contributed by atoms with Crippen molar-refractivity contribution in [2.45, 2.75) is 48.3 Å². The van der Waals surface area contributed by atoms with Crippen LogP contribution in [0.25, 0.3) is 0 Å². The second kappa shape index (κ2) is 10.6. The summed E-state index contributed by atoms with van der Waals surface area (Å²) in [7, 11) is 0.447. The fraction of sp³-hybridized carbons (Fsp3) is 0.536. The molecule has 0 amide bonds. The summed E-state index contributed by atoms with van der Waals surface area (Å²) in [5, 5.41) is 0. The number of ether oxygens (including phenoxy) is 6. The molecule has 3 atom stereocenters. The summed E-state index contributed by atoms with van der Waals surface area (Å²) in [6, 6.07) is 11.9. The van der Waals surface area contributed by atoms with Gasteiger partial charge in [-0.15, -0.1) is 0 Å². The van der Waals surface area contributed by atoms with E-state index in [9.17, 15) is 13.2 Å². The van der Waals surface area contributed by atoms with Gasteiger partial charge in [0.05, 0.1) is 46.0 Å². The lowest BCUT2D eigenvalue weighted by molar-refractivity contribution is -0.194. The van der Waals surface area contributed by atoms with E-state index in [2.05, 4.69) is 0 Å². The number of carbonyl (C=O) groups is 1. The molecule has 2 aromatic rings. The van der Waals surface area contributed by atoms with Crippen LogP contribution in [0.3, 0.4) is 0 Å². The minimum absolute atomic E-state index is 0.0217. The van der Waals surface area contributed by atoms with Gasteiger partial charge in [-0.05, 0) is 43.2 Å². The number of benzene rings is 2. The average Bonchev–Trinajstić information content (AvgIpc) is 3.54. The van der Waals surface area contributed by atoms with Crippen LogP contribution in [-0.2, 0) is 34.4 Å². The van der Waals surface area contributed by atoms with Gasteiger partial charge in [-0.25, -0.2) is 13.2 Å². The van der Waals surface area contributed by atoms with Gasteiger partial charge >= 0.3 is 6.16 Å². The zero-order chi connectivity index (χ0) is 27.8. The summed E-state index contributed by atoms with van der Waals surface area (Å²) in [4.78, 5) is 12.2. The molecule has 2 aromatic carbocycles. The molecule has 0 aromatic heterocycles. The number of aryl methyl sites for hydroxylation is 1. The summed E-state index contributed by atoms with van der Waals surface area (Å²) in [5.41, 5.74) is 1.10. The first kappa shape index (κ1) is 27.7. The van der Waals surface area contributed by atoms with Crippen molar-refractivity contribution in [2.24, 2.45) is 5.92 Å². The largest absolute Gasteiger partial charge is 0.507 e. The number of hydrogen-bond donors (Lipinski definition) is 0. The summed E-state index contributed by atoms with van der Waals surface area (Å²) in [6.07, 6.45) is 0.623. The first-order chi connectivity index (χ1) is 18.7. The minimum atomic E-state index is -3.93.